The van der Waals surface area contributed by atoms with Crippen LogP contribution < -0.4 is 15.5 Å². The fraction of sp³-hybridized carbons (Fsp3) is 0.500. The van der Waals surface area contributed by atoms with Gasteiger partial charge in [-0.3, -0.25) is 18.8 Å². The summed E-state index contributed by atoms with van der Waals surface area (Å²) in [6.07, 6.45) is 14.5. The van der Waals surface area contributed by atoms with E-state index in [4.69, 9.17) is 14.6 Å². The van der Waals surface area contributed by atoms with Crippen LogP contribution in [-0.2, 0) is 32.2 Å². The van der Waals surface area contributed by atoms with Gasteiger partial charge in [-0.05, 0) is 130 Å². The number of hydrogen-bond donors (Lipinski definition) is 3. The summed E-state index contributed by atoms with van der Waals surface area (Å²) in [5.41, 5.74) is 6.10. The number of benzene rings is 2. The van der Waals surface area contributed by atoms with Crippen molar-refractivity contribution < 1.29 is 23.5 Å². The van der Waals surface area contributed by atoms with Crippen molar-refractivity contribution in [3.05, 3.63) is 83.8 Å². The first-order valence-electron chi connectivity index (χ1n) is 20.0. The molecule has 2 N–H and O–H groups in total. The molecule has 1 saturated carbocycles. The highest BCUT2D eigenvalue weighted by Crippen LogP contribution is 2.54. The molecule has 12 heteroatoms. The highest BCUT2D eigenvalue weighted by atomic mass is 32.3. The van der Waals surface area contributed by atoms with Gasteiger partial charge in [0.2, 0.25) is 5.91 Å². The van der Waals surface area contributed by atoms with Crippen molar-refractivity contribution in [1.29, 1.82) is 0 Å². The van der Waals surface area contributed by atoms with E-state index in [9.17, 15) is 14.0 Å². The molecule has 6 rings (SSSR count). The molecule has 2 aromatic heterocycles. The third-order valence-corrected chi connectivity index (χ3v) is 12.7. The molecule has 56 heavy (non-hydrogen) atoms. The minimum atomic E-state index is -1.87. The number of anilines is 2. The van der Waals surface area contributed by atoms with Gasteiger partial charge >= 0.3 is 0 Å². The van der Waals surface area contributed by atoms with E-state index in [2.05, 4.69) is 82.8 Å². The van der Waals surface area contributed by atoms with Crippen LogP contribution in [0.25, 0.3) is 22.3 Å². The minimum absolute atomic E-state index is 0.183. The lowest BCUT2D eigenvalue weighted by molar-refractivity contribution is -0.131. The number of nitrogens with zero attached hydrogens (tertiary/aromatic N) is 4. The Hall–Kier alpha value is -4.26. The van der Waals surface area contributed by atoms with Crippen LogP contribution in [0.5, 0.6) is 0 Å². The number of carbonyl (C=O) groups is 2. The Morgan fingerprint density at radius 2 is 1.71 bits per heavy atom. The Bertz CT molecular complexity index is 1980. The van der Waals surface area contributed by atoms with Crippen LogP contribution in [0.15, 0.2) is 66.9 Å². The number of morpholine rings is 1. The molecule has 0 spiro atoms. The van der Waals surface area contributed by atoms with Crippen molar-refractivity contribution in [2.45, 2.75) is 83.8 Å². The van der Waals surface area contributed by atoms with Crippen molar-refractivity contribution in [2.75, 3.05) is 67.3 Å². The van der Waals surface area contributed by atoms with Gasteiger partial charge in [0.15, 0.2) is 5.67 Å². The quantitative estimate of drug-likeness (QED) is 0.0758. The van der Waals surface area contributed by atoms with E-state index in [1.807, 2.05) is 55.1 Å². The molecule has 1 aliphatic heterocycles. The number of hydrogen-bond acceptors (Lipinski definition) is 7. The lowest BCUT2D eigenvalue weighted by atomic mass is 10.0. The largest absolute Gasteiger partial charge is 0.375 e. The zero-order valence-corrected chi connectivity index (χ0v) is 35.1. The fourth-order valence-corrected chi connectivity index (χ4v) is 7.86. The van der Waals surface area contributed by atoms with Crippen molar-refractivity contribution in [3.63, 3.8) is 0 Å². The predicted molar refractivity (Wildman–Crippen MR) is 229 cm³/mol. The number of thiol groups is 1. The number of nitrogens with one attached hydrogen (secondary N) is 2. The molecule has 304 valence electrons. The Morgan fingerprint density at radius 1 is 1.00 bits per heavy atom. The minimum Gasteiger partial charge on any atom is -0.375 e. The van der Waals surface area contributed by atoms with Crippen molar-refractivity contribution in [3.8, 4) is 22.3 Å². The van der Waals surface area contributed by atoms with Crippen LogP contribution in [0.2, 0.25) is 0 Å². The van der Waals surface area contributed by atoms with E-state index in [1.165, 1.54) is 5.56 Å². The summed E-state index contributed by atoms with van der Waals surface area (Å²) in [5.74, 6) is 0.964. The molecule has 2 amide bonds. The van der Waals surface area contributed by atoms with Crippen LogP contribution in [-0.4, -0.2) is 101 Å². The molecule has 1 saturated heterocycles. The number of aryl methyl sites for hydroxylation is 2. The number of pyridine rings is 1. The molecule has 2 aliphatic rings. The standard InChI is InChI=1S/C44H61FN6O4S/c1-31-29-50(24-25-55-31)40-28-37(20-23-46-40)35-14-12-34(13-15-35)10-8-9-11-39(48-43(53)44(45)21-22-44)42(52)47-38-18-16-36(17-19-38)41-32(2)49-51(33(41)3)30-54-26-27-56(4,5,6)7/h12-20,23,28,31,39,56H,8-11,21-22,24-27,29-30H2,1-7H3,(H,47,52)(H,48,53)/t31-,39?/m1/s1. The Balaban J connectivity index is 1.02. The summed E-state index contributed by atoms with van der Waals surface area (Å²) in [4.78, 5) is 33.2. The predicted octanol–water partition coefficient (Wildman–Crippen LogP) is 7.36. The molecular formula is C44H61FN6O4S. The van der Waals surface area contributed by atoms with Gasteiger partial charge in [-0.1, -0.05) is 42.8 Å². The molecule has 0 radical (unpaired) electrons. The molecule has 1 unspecified atom stereocenters. The molecule has 0 bridgehead atoms. The average Bonchev–Trinajstić information content (AvgIpc) is 3.85. The lowest BCUT2D eigenvalue weighted by Gasteiger charge is -2.46. The van der Waals surface area contributed by atoms with E-state index in [0.717, 1.165) is 71.1 Å². The first-order valence-corrected chi connectivity index (χ1v) is 24.2. The van der Waals surface area contributed by atoms with Crippen molar-refractivity contribution >= 4 is 32.5 Å². The summed E-state index contributed by atoms with van der Waals surface area (Å²) in [6, 6.07) is 19.5. The topological polar surface area (TPSA) is 111 Å². The second-order valence-corrected chi connectivity index (χ2v) is 26.1. The number of amides is 2. The normalized spacial score (nSPS) is 17.8. The molecular weight excluding hydrogens is 728 g/mol. The second-order valence-electron chi connectivity index (χ2n) is 17.8. The summed E-state index contributed by atoms with van der Waals surface area (Å²) < 4.78 is 28.3. The number of aromatic nitrogens is 3. The van der Waals surface area contributed by atoms with Crippen LogP contribution in [0.3, 0.4) is 0 Å². The monoisotopic (exact) mass is 788 g/mol. The van der Waals surface area contributed by atoms with Crippen molar-refractivity contribution in [2.24, 2.45) is 0 Å². The number of unbranched alkanes of at least 4 members (excludes halogenated alkanes) is 1. The lowest BCUT2D eigenvalue weighted by Crippen LogP contribution is -2.47. The van der Waals surface area contributed by atoms with E-state index >= 15 is 0 Å². The maximum absolute atomic E-state index is 14.7. The number of rotatable bonds is 17. The van der Waals surface area contributed by atoms with Gasteiger partial charge in [-0.2, -0.15) is 5.10 Å². The van der Waals surface area contributed by atoms with E-state index in [-0.39, 0.29) is 24.9 Å². The van der Waals surface area contributed by atoms with E-state index in [1.54, 1.807) is 0 Å². The van der Waals surface area contributed by atoms with Gasteiger partial charge in [0, 0.05) is 36.2 Å². The highest BCUT2D eigenvalue weighted by molar-refractivity contribution is 8.47. The van der Waals surface area contributed by atoms with Crippen LogP contribution in [0, 0.1) is 13.8 Å². The summed E-state index contributed by atoms with van der Waals surface area (Å²) in [5, 5.41) is 10.4. The van der Waals surface area contributed by atoms with Gasteiger partial charge in [-0.25, -0.2) is 14.1 Å². The average molecular weight is 789 g/mol. The Kier molecular flexibility index (Phi) is 12.6. The third-order valence-electron chi connectivity index (χ3n) is 10.7. The molecule has 1 aliphatic carbocycles. The first-order chi connectivity index (χ1) is 26.5. The number of halogens is 1. The van der Waals surface area contributed by atoms with E-state index < -0.39 is 26.8 Å². The summed E-state index contributed by atoms with van der Waals surface area (Å²) >= 11 is 0. The molecule has 2 aromatic carbocycles. The van der Waals surface area contributed by atoms with E-state index in [0.29, 0.717) is 38.5 Å². The maximum Gasteiger partial charge on any atom is 0.258 e. The van der Waals surface area contributed by atoms with Crippen LogP contribution in [0.1, 0.15) is 56.0 Å². The molecule has 2 atom stereocenters. The molecule has 4 aromatic rings. The summed E-state index contributed by atoms with van der Waals surface area (Å²) in [6.45, 7) is 9.57. The Morgan fingerprint density at radius 3 is 2.39 bits per heavy atom. The summed E-state index contributed by atoms with van der Waals surface area (Å²) in [7, 11) is -1.63. The zero-order chi connectivity index (χ0) is 40.1. The first kappa shape index (κ1) is 41.4. The van der Waals surface area contributed by atoms with Gasteiger partial charge in [-0.15, -0.1) is 0 Å². The molecule has 3 heterocycles. The van der Waals surface area contributed by atoms with Gasteiger partial charge in [0.25, 0.3) is 5.91 Å². The van der Waals surface area contributed by atoms with Gasteiger partial charge in [0.1, 0.15) is 18.6 Å². The smallest absolute Gasteiger partial charge is 0.258 e. The number of carbonyl (C=O) groups excluding carboxylic acids is 2. The SMILES string of the molecule is Cc1nn(COCC[SH](C)(C)(C)C)c(C)c1-c1ccc(NC(=O)C(CCCCc2ccc(-c3ccnc(N4CCO[C@H](C)C4)c3)cc2)NC(=O)C2(F)CC2)cc1. The van der Waals surface area contributed by atoms with Crippen LogP contribution >= 0.6 is 9.16 Å². The van der Waals surface area contributed by atoms with Crippen LogP contribution in [0.4, 0.5) is 15.9 Å². The molecule has 2 fully saturated rings. The maximum atomic E-state index is 14.7. The number of ether oxygens (including phenoxy) is 2. The third kappa shape index (κ3) is 11.2. The number of alkyl halides is 1. The van der Waals surface area contributed by atoms with Gasteiger partial charge < -0.3 is 25.0 Å². The highest BCUT2D eigenvalue weighted by Gasteiger charge is 2.51. The van der Waals surface area contributed by atoms with Gasteiger partial charge in [0.05, 0.1) is 25.0 Å². The fourth-order valence-electron chi connectivity index (χ4n) is 7.00. The molecule has 10 nitrogen and oxygen atoms in total. The van der Waals surface area contributed by atoms with Crippen molar-refractivity contribution in [1.82, 2.24) is 20.1 Å². The Labute approximate surface area is 332 Å². The second kappa shape index (κ2) is 17.1. The zero-order valence-electron chi connectivity index (χ0n) is 34.2.